The van der Waals surface area contributed by atoms with Crippen LogP contribution in [0.1, 0.15) is 85.6 Å². The second-order valence-electron chi connectivity index (χ2n) is 16.6. The maximum atomic E-state index is 14.8. The van der Waals surface area contributed by atoms with Crippen LogP contribution in [0.15, 0.2) is 144 Å². The van der Waals surface area contributed by atoms with Gasteiger partial charge in [-0.15, -0.1) is 0 Å². The van der Waals surface area contributed by atoms with E-state index >= 15 is 0 Å². The van der Waals surface area contributed by atoms with Gasteiger partial charge in [-0.25, -0.2) is 13.2 Å². The van der Waals surface area contributed by atoms with Crippen molar-refractivity contribution in [3.8, 4) is 0 Å². The summed E-state index contributed by atoms with van der Waals surface area (Å²) in [6.45, 7) is 16.1. The lowest BCUT2D eigenvalue weighted by Crippen LogP contribution is -2.58. The summed E-state index contributed by atoms with van der Waals surface area (Å²) >= 11 is 0. The highest BCUT2D eigenvalue weighted by Gasteiger charge is 2.52. The van der Waals surface area contributed by atoms with Crippen molar-refractivity contribution in [2.75, 3.05) is 26.8 Å². The van der Waals surface area contributed by atoms with Crippen LogP contribution in [0.4, 0.5) is 0 Å². The van der Waals surface area contributed by atoms with E-state index in [2.05, 4.69) is 77.9 Å². The number of nitrogens with zero attached hydrogens (tertiary/aromatic N) is 1. The summed E-state index contributed by atoms with van der Waals surface area (Å²) in [7, 11) is -5.15. The molecular weight excluding hydrogens is 759 g/mol. The number of aryl methyl sites for hydroxylation is 1. The molecule has 1 aliphatic heterocycles. The SMILES string of the molecule is COC(=O)c1ccc([C@@H]2[C@@H](COC(c3ccccc3)(c3ccccc3)c3ccccc3)CN(S(=O)(=O)c3ccc(C)cc3)C[C@H]2O[Si](C(C)C)(C(C)C)C(C)C)cc1. The van der Waals surface area contributed by atoms with Crippen molar-refractivity contribution in [3.05, 3.63) is 173 Å². The van der Waals surface area contributed by atoms with Crippen LogP contribution in [0.2, 0.25) is 16.6 Å². The monoisotopic (exact) mass is 817 g/mol. The molecule has 58 heavy (non-hydrogen) atoms. The van der Waals surface area contributed by atoms with Crippen LogP contribution in [0, 0.1) is 12.8 Å². The zero-order valence-electron chi connectivity index (χ0n) is 35.2. The molecule has 0 amide bonds. The molecule has 0 spiro atoms. The number of methoxy groups -OCH3 is 1. The maximum absolute atomic E-state index is 14.8. The first kappa shape index (κ1) is 43.2. The average molecular weight is 818 g/mol. The highest BCUT2D eigenvalue weighted by atomic mass is 32.2. The van der Waals surface area contributed by atoms with Gasteiger partial charge in [-0.05, 0) is 70.1 Å². The lowest BCUT2D eigenvalue weighted by molar-refractivity contribution is -0.0414. The number of hydrogen-bond acceptors (Lipinski definition) is 6. The summed E-state index contributed by atoms with van der Waals surface area (Å²) in [4.78, 5) is 12.9. The number of benzene rings is 5. The van der Waals surface area contributed by atoms with E-state index < -0.39 is 36.0 Å². The van der Waals surface area contributed by atoms with Crippen LogP contribution in [-0.4, -0.2) is 59.9 Å². The number of rotatable bonds is 15. The number of hydrogen-bond donors (Lipinski definition) is 0. The molecule has 1 fully saturated rings. The van der Waals surface area contributed by atoms with E-state index in [1.54, 1.807) is 28.6 Å². The number of carbonyl (C=O) groups excluding carboxylic acids is 1. The summed E-state index contributed by atoms with van der Waals surface area (Å²) in [6, 6.07) is 45.4. The van der Waals surface area contributed by atoms with Gasteiger partial charge in [0.05, 0.1) is 30.3 Å². The number of carbonyl (C=O) groups is 1. The van der Waals surface area contributed by atoms with Crippen LogP contribution in [0.5, 0.6) is 0 Å². The van der Waals surface area contributed by atoms with Crippen molar-refractivity contribution in [1.82, 2.24) is 4.31 Å². The molecular formula is C49H59NO6SSi. The van der Waals surface area contributed by atoms with E-state index in [9.17, 15) is 13.2 Å². The minimum Gasteiger partial charge on any atom is -0.465 e. The van der Waals surface area contributed by atoms with Crippen LogP contribution in [0.3, 0.4) is 0 Å². The molecule has 3 atom stereocenters. The van der Waals surface area contributed by atoms with Gasteiger partial charge in [-0.3, -0.25) is 0 Å². The fourth-order valence-corrected chi connectivity index (χ4v) is 16.6. The predicted octanol–water partition coefficient (Wildman–Crippen LogP) is 10.8. The van der Waals surface area contributed by atoms with E-state index in [4.69, 9.17) is 13.9 Å². The van der Waals surface area contributed by atoms with Gasteiger partial charge in [0.2, 0.25) is 18.3 Å². The standard InChI is InChI=1S/C49H59NO6SSi/c1-35(2)58(36(3)4,37(5)6)56-46-33-50(57(52,53)45-30-24-38(7)25-31-45)32-41(47(46)39-26-28-40(29-27-39)48(51)54-8)34-55-49(42-18-12-9-13-19-42,43-20-14-10-15-21-43)44-22-16-11-17-23-44/h9-31,35-37,41,46-47H,32-34H2,1-8H3/t41-,46-,47-/m1/s1. The molecule has 0 unspecified atom stereocenters. The van der Waals surface area contributed by atoms with Gasteiger partial charge in [0, 0.05) is 24.9 Å². The zero-order chi connectivity index (χ0) is 41.7. The lowest BCUT2D eigenvalue weighted by Gasteiger charge is -2.51. The molecule has 1 heterocycles. The third-order valence-corrected chi connectivity index (χ3v) is 20.2. The third-order valence-electron chi connectivity index (χ3n) is 12.2. The summed E-state index contributed by atoms with van der Waals surface area (Å²) in [5, 5.41) is 0. The Labute approximate surface area is 347 Å². The predicted molar refractivity (Wildman–Crippen MR) is 235 cm³/mol. The van der Waals surface area contributed by atoms with Crippen LogP contribution in [-0.2, 0) is 29.5 Å². The maximum Gasteiger partial charge on any atom is 0.337 e. The molecule has 1 aliphatic rings. The van der Waals surface area contributed by atoms with Crippen molar-refractivity contribution >= 4 is 24.3 Å². The largest absolute Gasteiger partial charge is 0.465 e. The van der Waals surface area contributed by atoms with Crippen LogP contribution in [0.25, 0.3) is 0 Å². The van der Waals surface area contributed by atoms with E-state index in [0.717, 1.165) is 27.8 Å². The number of piperidine rings is 1. The molecule has 0 aliphatic carbocycles. The van der Waals surface area contributed by atoms with Crippen LogP contribution < -0.4 is 0 Å². The summed E-state index contributed by atoms with van der Waals surface area (Å²) in [5.74, 6) is -1.06. The second-order valence-corrected chi connectivity index (χ2v) is 23.9. The Hall–Kier alpha value is -4.38. The Morgan fingerprint density at radius 3 is 1.59 bits per heavy atom. The minimum absolute atomic E-state index is 0.179. The number of sulfonamides is 1. The van der Waals surface area contributed by atoms with E-state index in [1.807, 2.05) is 85.8 Å². The fraction of sp³-hybridized carbons (Fsp3) is 0.367. The molecule has 0 saturated carbocycles. The summed E-state index contributed by atoms with van der Waals surface area (Å²) in [5.41, 5.74) is 5.04. The Kier molecular flexibility index (Phi) is 13.6. The van der Waals surface area contributed by atoms with Crippen molar-refractivity contribution in [2.45, 2.75) is 87.6 Å². The van der Waals surface area contributed by atoms with Gasteiger partial charge in [0.25, 0.3) is 0 Å². The summed E-state index contributed by atoms with van der Waals surface area (Å²) in [6.07, 6.45) is -0.509. The average Bonchev–Trinajstić information content (AvgIpc) is 3.23. The molecule has 6 rings (SSSR count). The highest BCUT2D eigenvalue weighted by molar-refractivity contribution is 7.89. The van der Waals surface area contributed by atoms with E-state index in [1.165, 1.54) is 7.11 Å². The van der Waals surface area contributed by atoms with Gasteiger partial charge in [-0.2, -0.15) is 4.31 Å². The first-order valence-electron chi connectivity index (χ1n) is 20.5. The molecule has 0 radical (unpaired) electrons. The molecule has 0 N–H and O–H groups in total. The van der Waals surface area contributed by atoms with Crippen LogP contribution >= 0.6 is 0 Å². The molecule has 306 valence electrons. The van der Waals surface area contributed by atoms with Gasteiger partial charge in [-0.1, -0.05) is 162 Å². The fourth-order valence-electron chi connectivity index (χ4n) is 9.51. The normalized spacial score (nSPS) is 18.2. The molecule has 0 aromatic heterocycles. The smallest absolute Gasteiger partial charge is 0.337 e. The minimum atomic E-state index is -3.95. The van der Waals surface area contributed by atoms with Gasteiger partial charge in [0.1, 0.15) is 5.60 Å². The highest BCUT2D eigenvalue weighted by Crippen LogP contribution is 2.48. The molecule has 9 heteroatoms. The first-order chi connectivity index (χ1) is 27.7. The zero-order valence-corrected chi connectivity index (χ0v) is 37.0. The van der Waals surface area contributed by atoms with Gasteiger partial charge < -0.3 is 13.9 Å². The van der Waals surface area contributed by atoms with Crippen molar-refractivity contribution in [2.24, 2.45) is 5.92 Å². The summed E-state index contributed by atoms with van der Waals surface area (Å²) < 4.78 is 51.5. The molecule has 5 aromatic rings. The second kappa shape index (κ2) is 18.3. The Balaban J connectivity index is 1.56. The molecule has 0 bridgehead atoms. The quantitative estimate of drug-likeness (QED) is 0.0595. The topological polar surface area (TPSA) is 82.1 Å². The first-order valence-corrected chi connectivity index (χ1v) is 24.1. The molecule has 5 aromatic carbocycles. The van der Waals surface area contributed by atoms with E-state index in [-0.39, 0.29) is 53.1 Å². The number of ether oxygens (including phenoxy) is 2. The third kappa shape index (κ3) is 8.52. The van der Waals surface area contributed by atoms with Gasteiger partial charge in [0.15, 0.2) is 0 Å². The van der Waals surface area contributed by atoms with Gasteiger partial charge >= 0.3 is 5.97 Å². The molecule has 7 nitrogen and oxygen atoms in total. The molecule has 1 saturated heterocycles. The Morgan fingerprint density at radius 2 is 1.16 bits per heavy atom. The van der Waals surface area contributed by atoms with Crippen molar-refractivity contribution in [1.29, 1.82) is 0 Å². The number of esters is 1. The Bertz CT molecular complexity index is 2080. The van der Waals surface area contributed by atoms with E-state index in [0.29, 0.717) is 5.56 Å². The lowest BCUT2D eigenvalue weighted by atomic mass is 9.78. The van der Waals surface area contributed by atoms with Crippen molar-refractivity contribution < 1.29 is 27.1 Å². The van der Waals surface area contributed by atoms with Crippen molar-refractivity contribution in [3.63, 3.8) is 0 Å². The Morgan fingerprint density at radius 1 is 0.690 bits per heavy atom.